The normalized spacial score (nSPS) is 17.5. The van der Waals surface area contributed by atoms with Crippen molar-refractivity contribution in [3.63, 3.8) is 0 Å². The van der Waals surface area contributed by atoms with E-state index in [2.05, 4.69) is 53.3 Å². The lowest BCUT2D eigenvalue weighted by Crippen LogP contribution is -2.51. The highest BCUT2D eigenvalue weighted by Gasteiger charge is 2.34. The number of carbonyl (C=O) groups excluding carboxylic acids is 1. The first-order chi connectivity index (χ1) is 14.6. The number of nitrogens with zero attached hydrogens (tertiary/aromatic N) is 3. The van der Waals surface area contributed by atoms with Crippen molar-refractivity contribution in [2.45, 2.75) is 32.2 Å². The summed E-state index contributed by atoms with van der Waals surface area (Å²) in [4.78, 5) is 22.3. The molecular formula is C25H27N3O2. The van der Waals surface area contributed by atoms with E-state index < -0.39 is 0 Å². The minimum absolute atomic E-state index is 0.143. The maximum absolute atomic E-state index is 13.6. The number of hydrogen-bond acceptors (Lipinski definition) is 4. The molecule has 5 nitrogen and oxygen atoms in total. The molecule has 1 fully saturated rings. The van der Waals surface area contributed by atoms with Crippen molar-refractivity contribution in [1.82, 2.24) is 9.88 Å². The molecule has 1 amide bonds. The Hall–Kier alpha value is -2.92. The van der Waals surface area contributed by atoms with E-state index in [4.69, 9.17) is 4.74 Å². The van der Waals surface area contributed by atoms with Crippen molar-refractivity contribution in [3.8, 4) is 0 Å². The fourth-order valence-electron chi connectivity index (χ4n) is 4.77. The number of amides is 1. The van der Waals surface area contributed by atoms with Crippen LogP contribution in [0.5, 0.6) is 0 Å². The molecule has 1 aromatic heterocycles. The number of rotatable bonds is 3. The quantitative estimate of drug-likeness (QED) is 0.661. The highest BCUT2D eigenvalue weighted by Crippen LogP contribution is 2.38. The predicted octanol–water partition coefficient (Wildman–Crippen LogP) is 4.16. The Morgan fingerprint density at radius 2 is 1.87 bits per heavy atom. The van der Waals surface area contributed by atoms with Gasteiger partial charge in [-0.1, -0.05) is 30.3 Å². The van der Waals surface area contributed by atoms with Crippen LogP contribution in [0, 0.1) is 6.92 Å². The van der Waals surface area contributed by atoms with Crippen molar-refractivity contribution in [1.29, 1.82) is 0 Å². The SMILES string of the molecule is Cc1ccc(Cc2cc3c(c4ccccc24)N(C)CN(C2CCOCC2)C3=O)cn1. The molecule has 0 N–H and O–H groups in total. The van der Waals surface area contributed by atoms with Gasteiger partial charge in [-0.2, -0.15) is 0 Å². The van der Waals surface area contributed by atoms with Gasteiger partial charge in [0.25, 0.3) is 5.91 Å². The third-order valence-electron chi connectivity index (χ3n) is 6.34. The van der Waals surface area contributed by atoms with Gasteiger partial charge in [-0.25, -0.2) is 0 Å². The van der Waals surface area contributed by atoms with Gasteiger partial charge in [0.2, 0.25) is 0 Å². The van der Waals surface area contributed by atoms with Crippen LogP contribution in [0.2, 0.25) is 0 Å². The number of aromatic nitrogens is 1. The Balaban J connectivity index is 1.60. The molecule has 1 saturated heterocycles. The van der Waals surface area contributed by atoms with Crippen LogP contribution in [-0.2, 0) is 11.2 Å². The molecule has 2 aromatic carbocycles. The van der Waals surface area contributed by atoms with Gasteiger partial charge in [0, 0.05) is 43.6 Å². The number of pyridine rings is 1. The van der Waals surface area contributed by atoms with Gasteiger partial charge < -0.3 is 14.5 Å². The first kappa shape index (κ1) is 19.1. The van der Waals surface area contributed by atoms with Gasteiger partial charge in [-0.05, 0) is 54.8 Å². The minimum Gasteiger partial charge on any atom is -0.381 e. The van der Waals surface area contributed by atoms with Crippen LogP contribution in [0.1, 0.15) is 40.0 Å². The molecular weight excluding hydrogens is 374 g/mol. The number of aryl methyl sites for hydroxylation is 1. The Labute approximate surface area is 177 Å². The fourth-order valence-corrected chi connectivity index (χ4v) is 4.77. The second kappa shape index (κ2) is 7.73. The zero-order valence-electron chi connectivity index (χ0n) is 17.6. The first-order valence-corrected chi connectivity index (χ1v) is 10.7. The molecule has 0 radical (unpaired) electrons. The summed E-state index contributed by atoms with van der Waals surface area (Å²) < 4.78 is 5.52. The number of hydrogen-bond donors (Lipinski definition) is 0. The molecule has 5 rings (SSSR count). The zero-order valence-corrected chi connectivity index (χ0v) is 17.6. The van der Waals surface area contributed by atoms with E-state index in [-0.39, 0.29) is 11.9 Å². The van der Waals surface area contributed by atoms with Gasteiger partial charge >= 0.3 is 0 Å². The molecule has 3 heterocycles. The van der Waals surface area contributed by atoms with E-state index in [9.17, 15) is 4.79 Å². The van der Waals surface area contributed by atoms with Gasteiger partial charge in [0.1, 0.15) is 0 Å². The van der Waals surface area contributed by atoms with Crippen LogP contribution in [0.3, 0.4) is 0 Å². The first-order valence-electron chi connectivity index (χ1n) is 10.7. The standard InChI is InChI=1S/C25H27N3O2/c1-17-7-8-18(15-26-17)13-19-14-23-24(22-6-4-3-5-21(19)22)27(2)16-28(25(23)29)20-9-11-30-12-10-20/h3-8,14-15,20H,9-13,16H2,1-2H3. The van der Waals surface area contributed by atoms with Crippen LogP contribution < -0.4 is 4.90 Å². The molecule has 0 bridgehead atoms. The van der Waals surface area contributed by atoms with E-state index in [1.807, 2.05) is 24.1 Å². The lowest BCUT2D eigenvalue weighted by Gasteiger charge is -2.42. The van der Waals surface area contributed by atoms with Crippen molar-refractivity contribution >= 4 is 22.4 Å². The molecule has 0 aliphatic carbocycles. The Morgan fingerprint density at radius 1 is 1.10 bits per heavy atom. The topological polar surface area (TPSA) is 45.7 Å². The average molecular weight is 402 g/mol. The van der Waals surface area contributed by atoms with Crippen LogP contribution in [0.4, 0.5) is 5.69 Å². The van der Waals surface area contributed by atoms with Crippen LogP contribution in [0.25, 0.3) is 10.8 Å². The summed E-state index contributed by atoms with van der Waals surface area (Å²) in [5.41, 5.74) is 5.20. The Kier molecular flexibility index (Phi) is 4.91. The lowest BCUT2D eigenvalue weighted by atomic mass is 9.92. The van der Waals surface area contributed by atoms with Crippen molar-refractivity contribution in [3.05, 3.63) is 71.0 Å². The van der Waals surface area contributed by atoms with Crippen LogP contribution in [-0.4, -0.2) is 48.8 Å². The summed E-state index contributed by atoms with van der Waals surface area (Å²) in [6, 6.07) is 15.0. The van der Waals surface area contributed by atoms with Crippen LogP contribution in [0.15, 0.2) is 48.7 Å². The highest BCUT2D eigenvalue weighted by molar-refractivity contribution is 6.11. The molecule has 0 spiro atoms. The summed E-state index contributed by atoms with van der Waals surface area (Å²) in [6.07, 6.45) is 4.51. The molecule has 0 unspecified atom stereocenters. The summed E-state index contributed by atoms with van der Waals surface area (Å²) in [5.74, 6) is 0.143. The van der Waals surface area contributed by atoms with Crippen molar-refractivity contribution in [2.24, 2.45) is 0 Å². The van der Waals surface area contributed by atoms with E-state index >= 15 is 0 Å². The molecule has 2 aliphatic rings. The number of benzene rings is 2. The van der Waals surface area contributed by atoms with Gasteiger partial charge in [-0.3, -0.25) is 9.78 Å². The lowest BCUT2D eigenvalue weighted by molar-refractivity contribution is 0.0281. The average Bonchev–Trinajstić information content (AvgIpc) is 2.78. The molecule has 0 saturated carbocycles. The van der Waals surface area contributed by atoms with Crippen LogP contribution >= 0.6 is 0 Å². The molecule has 0 atom stereocenters. The number of fused-ring (bicyclic) bond motifs is 3. The third kappa shape index (κ3) is 3.33. The minimum atomic E-state index is 0.143. The Bertz CT molecular complexity index is 1090. The van der Waals surface area contributed by atoms with Gasteiger partial charge in [0.05, 0.1) is 17.9 Å². The number of carbonyl (C=O) groups is 1. The second-order valence-corrected chi connectivity index (χ2v) is 8.42. The fraction of sp³-hybridized carbons (Fsp3) is 0.360. The largest absolute Gasteiger partial charge is 0.381 e. The summed E-state index contributed by atoms with van der Waals surface area (Å²) in [6.45, 7) is 4.09. The highest BCUT2D eigenvalue weighted by atomic mass is 16.5. The summed E-state index contributed by atoms with van der Waals surface area (Å²) >= 11 is 0. The molecule has 3 aromatic rings. The van der Waals surface area contributed by atoms with Gasteiger partial charge in [0.15, 0.2) is 0 Å². The van der Waals surface area contributed by atoms with Crippen molar-refractivity contribution in [2.75, 3.05) is 31.8 Å². The summed E-state index contributed by atoms with van der Waals surface area (Å²) in [5, 5.41) is 2.35. The second-order valence-electron chi connectivity index (χ2n) is 8.42. The van der Waals surface area contributed by atoms with E-state index in [0.717, 1.165) is 60.4 Å². The molecule has 5 heteroatoms. The van der Waals surface area contributed by atoms with Crippen molar-refractivity contribution < 1.29 is 9.53 Å². The molecule has 154 valence electrons. The Morgan fingerprint density at radius 3 is 2.60 bits per heavy atom. The predicted molar refractivity (Wildman–Crippen MR) is 119 cm³/mol. The molecule has 30 heavy (non-hydrogen) atoms. The van der Waals surface area contributed by atoms with Gasteiger partial charge in [-0.15, -0.1) is 0 Å². The smallest absolute Gasteiger partial charge is 0.257 e. The number of anilines is 1. The zero-order chi connectivity index (χ0) is 20.7. The third-order valence-corrected chi connectivity index (χ3v) is 6.34. The van der Waals surface area contributed by atoms with E-state index in [1.165, 1.54) is 10.9 Å². The molecule has 2 aliphatic heterocycles. The van der Waals surface area contributed by atoms with E-state index in [0.29, 0.717) is 6.67 Å². The monoisotopic (exact) mass is 401 g/mol. The van der Waals surface area contributed by atoms with E-state index in [1.54, 1.807) is 0 Å². The maximum Gasteiger partial charge on any atom is 0.257 e. The number of ether oxygens (including phenoxy) is 1. The maximum atomic E-state index is 13.6. The summed E-state index contributed by atoms with van der Waals surface area (Å²) in [7, 11) is 2.09.